The molecule has 1 atom stereocenters. The van der Waals surface area contributed by atoms with Gasteiger partial charge < -0.3 is 15.4 Å². The van der Waals surface area contributed by atoms with E-state index in [0.717, 1.165) is 58.3 Å². The molecule has 19 heavy (non-hydrogen) atoms. The average Bonchev–Trinajstić information content (AvgIpc) is 2.40. The number of nitrogens with two attached hydrogens (primary N) is 1. The van der Waals surface area contributed by atoms with Gasteiger partial charge in [-0.1, -0.05) is 19.3 Å². The van der Waals surface area contributed by atoms with E-state index >= 15 is 0 Å². The number of hydrogen-bond donors (Lipinski definition) is 1. The van der Waals surface area contributed by atoms with Crippen LogP contribution < -0.4 is 5.73 Å². The van der Waals surface area contributed by atoms with E-state index in [9.17, 15) is 4.79 Å². The standard InChI is InChI=1S/C14H26N2O2.ClH/c1-16(10-12-6-5-9-18-11-12)13(17)14(15)7-3-2-4-8-14;/h12H,2-11,15H2,1H3;1H. The molecule has 4 nitrogen and oxygen atoms in total. The zero-order valence-corrected chi connectivity index (χ0v) is 12.7. The summed E-state index contributed by atoms with van der Waals surface area (Å²) in [5.41, 5.74) is 5.69. The number of ether oxygens (including phenoxy) is 1. The minimum Gasteiger partial charge on any atom is -0.381 e. The smallest absolute Gasteiger partial charge is 0.242 e. The molecule has 2 N–H and O–H groups in total. The number of carbonyl (C=O) groups is 1. The summed E-state index contributed by atoms with van der Waals surface area (Å²) in [6.45, 7) is 2.45. The summed E-state index contributed by atoms with van der Waals surface area (Å²) < 4.78 is 5.46. The van der Waals surface area contributed by atoms with Gasteiger partial charge in [0.25, 0.3) is 0 Å². The van der Waals surface area contributed by atoms with Gasteiger partial charge in [0.1, 0.15) is 0 Å². The lowest BCUT2D eigenvalue weighted by Gasteiger charge is -2.37. The third-order valence-corrected chi connectivity index (χ3v) is 4.31. The Morgan fingerprint density at radius 2 is 2.00 bits per heavy atom. The van der Waals surface area contributed by atoms with E-state index in [1.807, 2.05) is 11.9 Å². The van der Waals surface area contributed by atoms with Crippen LogP contribution in [0.15, 0.2) is 0 Å². The molecule has 5 heteroatoms. The molecule has 1 amide bonds. The first-order valence-corrected chi connectivity index (χ1v) is 7.24. The van der Waals surface area contributed by atoms with E-state index in [4.69, 9.17) is 10.5 Å². The zero-order valence-electron chi connectivity index (χ0n) is 11.9. The van der Waals surface area contributed by atoms with Gasteiger partial charge >= 0.3 is 0 Å². The van der Waals surface area contributed by atoms with Gasteiger partial charge in [0.15, 0.2) is 0 Å². The Kier molecular flexibility index (Phi) is 6.57. The molecule has 1 unspecified atom stereocenters. The largest absolute Gasteiger partial charge is 0.381 e. The fraction of sp³-hybridized carbons (Fsp3) is 0.929. The molecule has 0 aromatic rings. The lowest BCUT2D eigenvalue weighted by atomic mass is 9.81. The molecular weight excluding hydrogens is 264 g/mol. The second-order valence-electron chi connectivity index (χ2n) is 5.99. The topological polar surface area (TPSA) is 55.6 Å². The number of hydrogen-bond acceptors (Lipinski definition) is 3. The molecule has 2 fully saturated rings. The third kappa shape index (κ3) is 4.33. The van der Waals surface area contributed by atoms with E-state index in [1.165, 1.54) is 6.42 Å². The first kappa shape index (κ1) is 16.7. The fourth-order valence-electron chi connectivity index (χ4n) is 3.20. The van der Waals surface area contributed by atoms with Gasteiger partial charge in [-0.2, -0.15) is 0 Å². The van der Waals surface area contributed by atoms with Crippen LogP contribution in [0.3, 0.4) is 0 Å². The summed E-state index contributed by atoms with van der Waals surface area (Å²) in [7, 11) is 1.89. The van der Waals surface area contributed by atoms with Crippen molar-refractivity contribution in [2.45, 2.75) is 50.5 Å². The van der Waals surface area contributed by atoms with Crippen molar-refractivity contribution in [3.05, 3.63) is 0 Å². The van der Waals surface area contributed by atoms with Crippen molar-refractivity contribution in [3.63, 3.8) is 0 Å². The fourth-order valence-corrected chi connectivity index (χ4v) is 3.20. The molecule has 0 bridgehead atoms. The first-order valence-electron chi connectivity index (χ1n) is 7.24. The number of amides is 1. The van der Waals surface area contributed by atoms with Crippen LogP contribution >= 0.6 is 12.4 Å². The van der Waals surface area contributed by atoms with Crippen LogP contribution in [0.1, 0.15) is 44.9 Å². The Morgan fingerprint density at radius 3 is 2.58 bits per heavy atom. The summed E-state index contributed by atoms with van der Waals surface area (Å²) in [4.78, 5) is 14.3. The van der Waals surface area contributed by atoms with Gasteiger partial charge in [-0.25, -0.2) is 0 Å². The summed E-state index contributed by atoms with van der Waals surface area (Å²) in [5.74, 6) is 0.618. The van der Waals surface area contributed by atoms with E-state index in [-0.39, 0.29) is 18.3 Å². The van der Waals surface area contributed by atoms with Gasteiger partial charge in [-0.15, -0.1) is 12.4 Å². The monoisotopic (exact) mass is 290 g/mol. The zero-order chi connectivity index (χ0) is 13.0. The maximum absolute atomic E-state index is 12.5. The minimum atomic E-state index is -0.595. The van der Waals surface area contributed by atoms with Crippen LogP contribution in [0.5, 0.6) is 0 Å². The van der Waals surface area contributed by atoms with E-state index < -0.39 is 5.54 Å². The lowest BCUT2D eigenvalue weighted by Crippen LogP contribution is -2.56. The molecular formula is C14H27ClN2O2. The number of nitrogens with zero attached hydrogens (tertiary/aromatic N) is 1. The van der Waals surface area contributed by atoms with Gasteiger partial charge in [-0.3, -0.25) is 4.79 Å². The third-order valence-electron chi connectivity index (χ3n) is 4.31. The van der Waals surface area contributed by atoms with Crippen molar-refractivity contribution in [3.8, 4) is 0 Å². The quantitative estimate of drug-likeness (QED) is 0.864. The van der Waals surface area contributed by atoms with Gasteiger partial charge in [0, 0.05) is 20.2 Å². The summed E-state index contributed by atoms with van der Waals surface area (Å²) >= 11 is 0. The van der Waals surface area contributed by atoms with Crippen LogP contribution in [0.2, 0.25) is 0 Å². The predicted octanol–water partition coefficient (Wildman–Crippen LogP) is 1.95. The molecule has 0 aromatic heterocycles. The summed E-state index contributed by atoms with van der Waals surface area (Å²) in [6.07, 6.45) is 7.35. The van der Waals surface area contributed by atoms with Crippen LogP contribution in [-0.4, -0.2) is 43.2 Å². The van der Waals surface area contributed by atoms with Crippen LogP contribution in [0, 0.1) is 5.92 Å². The molecule has 0 radical (unpaired) electrons. The molecule has 1 aliphatic carbocycles. The molecule has 2 aliphatic rings. The van der Waals surface area contributed by atoms with E-state index in [2.05, 4.69) is 0 Å². The second-order valence-corrected chi connectivity index (χ2v) is 5.99. The molecule has 1 saturated carbocycles. The highest BCUT2D eigenvalue weighted by Crippen LogP contribution is 2.28. The van der Waals surface area contributed by atoms with Crippen LogP contribution in [-0.2, 0) is 9.53 Å². The Labute approximate surface area is 122 Å². The van der Waals surface area contributed by atoms with Crippen LogP contribution in [0.4, 0.5) is 0 Å². The van der Waals surface area contributed by atoms with Gasteiger partial charge in [-0.05, 0) is 31.6 Å². The van der Waals surface area contributed by atoms with Crippen molar-refractivity contribution >= 4 is 18.3 Å². The molecule has 112 valence electrons. The highest BCUT2D eigenvalue weighted by Gasteiger charge is 2.37. The Hall–Kier alpha value is -0.320. The van der Waals surface area contributed by atoms with E-state index in [0.29, 0.717) is 5.92 Å². The van der Waals surface area contributed by atoms with Crippen LogP contribution in [0.25, 0.3) is 0 Å². The van der Waals surface area contributed by atoms with Crippen molar-refractivity contribution in [2.24, 2.45) is 11.7 Å². The van der Waals surface area contributed by atoms with Crippen molar-refractivity contribution in [1.29, 1.82) is 0 Å². The Morgan fingerprint density at radius 1 is 1.32 bits per heavy atom. The second kappa shape index (κ2) is 7.46. The summed E-state index contributed by atoms with van der Waals surface area (Å²) in [5, 5.41) is 0. The normalized spacial score (nSPS) is 26.3. The highest BCUT2D eigenvalue weighted by molar-refractivity contribution is 5.86. The molecule has 1 aliphatic heterocycles. The average molecular weight is 291 g/mol. The maximum Gasteiger partial charge on any atom is 0.242 e. The highest BCUT2D eigenvalue weighted by atomic mass is 35.5. The summed E-state index contributed by atoms with van der Waals surface area (Å²) in [6, 6.07) is 0. The molecule has 0 spiro atoms. The molecule has 2 rings (SSSR count). The van der Waals surface area contributed by atoms with Gasteiger partial charge in [0.05, 0.1) is 12.1 Å². The maximum atomic E-state index is 12.5. The van der Waals surface area contributed by atoms with Crippen molar-refractivity contribution in [1.82, 2.24) is 4.90 Å². The van der Waals surface area contributed by atoms with Gasteiger partial charge in [0.2, 0.25) is 5.91 Å². The molecule has 1 heterocycles. The molecule has 0 aromatic carbocycles. The number of likely N-dealkylation sites (N-methyl/N-ethyl adjacent to an activating group) is 1. The number of rotatable bonds is 3. The minimum absolute atomic E-state index is 0. The lowest BCUT2D eigenvalue weighted by molar-refractivity contribution is -0.138. The number of halogens is 1. The van der Waals surface area contributed by atoms with E-state index in [1.54, 1.807) is 0 Å². The first-order chi connectivity index (χ1) is 8.62. The van der Waals surface area contributed by atoms with Crippen molar-refractivity contribution < 1.29 is 9.53 Å². The molecule has 1 saturated heterocycles. The number of carbonyl (C=O) groups excluding carboxylic acids is 1. The Balaban J connectivity index is 0.00000180. The SMILES string of the molecule is CN(CC1CCCOC1)C(=O)C1(N)CCCCC1.Cl. The Bertz CT molecular complexity index is 287. The van der Waals surface area contributed by atoms with Crippen molar-refractivity contribution in [2.75, 3.05) is 26.8 Å². The predicted molar refractivity (Wildman–Crippen MR) is 78.4 cm³/mol.